The molecule has 1 amide bonds. The SMILES string of the molecule is CCn1cc(C#CC2CC2NC(=O)c2ccccc2)c2c(N)ncnc21. The van der Waals surface area contributed by atoms with Gasteiger partial charge in [0.25, 0.3) is 5.91 Å². The summed E-state index contributed by atoms with van der Waals surface area (Å²) in [6.07, 6.45) is 4.30. The van der Waals surface area contributed by atoms with E-state index >= 15 is 0 Å². The molecule has 0 spiro atoms. The molecule has 3 N–H and O–H groups in total. The molecule has 26 heavy (non-hydrogen) atoms. The summed E-state index contributed by atoms with van der Waals surface area (Å²) in [5.74, 6) is 7.00. The lowest BCUT2D eigenvalue weighted by Gasteiger charge is -2.02. The second-order valence-electron chi connectivity index (χ2n) is 6.34. The standard InChI is InChI=1S/C20H19N5O/c1-2-25-11-15(17-18(21)22-12-23-19(17)25)9-8-14-10-16(14)24-20(26)13-6-4-3-5-7-13/h3-7,11-12,14,16H,2,10H2,1H3,(H,24,26)(H2,21,22,23). The van der Waals surface area contributed by atoms with Gasteiger partial charge in [0.05, 0.1) is 10.9 Å². The second-order valence-corrected chi connectivity index (χ2v) is 6.34. The van der Waals surface area contributed by atoms with Crippen LogP contribution in [0.2, 0.25) is 0 Å². The highest BCUT2D eigenvalue weighted by molar-refractivity contribution is 5.94. The number of fused-ring (bicyclic) bond motifs is 1. The van der Waals surface area contributed by atoms with Crippen LogP contribution in [0.15, 0.2) is 42.9 Å². The maximum absolute atomic E-state index is 12.2. The molecule has 130 valence electrons. The van der Waals surface area contributed by atoms with E-state index in [1.807, 2.05) is 35.9 Å². The smallest absolute Gasteiger partial charge is 0.251 e. The Balaban J connectivity index is 1.50. The van der Waals surface area contributed by atoms with Gasteiger partial charge in [-0.1, -0.05) is 30.0 Å². The largest absolute Gasteiger partial charge is 0.383 e. The summed E-state index contributed by atoms with van der Waals surface area (Å²) in [5.41, 5.74) is 8.32. The molecule has 6 nitrogen and oxygen atoms in total. The van der Waals surface area contributed by atoms with Gasteiger partial charge in [-0.05, 0) is 25.5 Å². The fourth-order valence-electron chi connectivity index (χ4n) is 3.01. The number of carbonyl (C=O) groups is 1. The van der Waals surface area contributed by atoms with E-state index in [1.54, 1.807) is 12.1 Å². The first-order chi connectivity index (χ1) is 12.7. The number of benzene rings is 1. The molecule has 2 atom stereocenters. The lowest BCUT2D eigenvalue weighted by atomic mass is 10.2. The third kappa shape index (κ3) is 3.00. The molecule has 2 heterocycles. The highest BCUT2D eigenvalue weighted by atomic mass is 16.1. The number of hydrogen-bond donors (Lipinski definition) is 2. The monoisotopic (exact) mass is 345 g/mol. The van der Waals surface area contributed by atoms with Crippen molar-refractivity contribution in [1.82, 2.24) is 19.9 Å². The Bertz CT molecular complexity index is 1030. The Labute approximate surface area is 151 Å². The van der Waals surface area contributed by atoms with E-state index in [1.165, 1.54) is 6.33 Å². The zero-order valence-corrected chi connectivity index (χ0v) is 14.4. The third-order valence-corrected chi connectivity index (χ3v) is 4.56. The normalized spacial score (nSPS) is 18.2. The Morgan fingerprint density at radius 3 is 2.92 bits per heavy atom. The number of nitrogens with two attached hydrogens (primary N) is 1. The van der Waals surface area contributed by atoms with E-state index in [9.17, 15) is 4.79 Å². The van der Waals surface area contributed by atoms with Gasteiger partial charge in [-0.3, -0.25) is 4.79 Å². The molecule has 1 saturated carbocycles. The molecule has 3 aromatic rings. The van der Waals surface area contributed by atoms with Crippen LogP contribution in [0.25, 0.3) is 11.0 Å². The second kappa shape index (κ2) is 6.52. The van der Waals surface area contributed by atoms with Gasteiger partial charge >= 0.3 is 0 Å². The van der Waals surface area contributed by atoms with Gasteiger partial charge in [-0.15, -0.1) is 0 Å². The summed E-state index contributed by atoms with van der Waals surface area (Å²) < 4.78 is 2.01. The number of nitrogens with one attached hydrogen (secondary N) is 1. The molecule has 0 radical (unpaired) electrons. The summed E-state index contributed by atoms with van der Waals surface area (Å²) in [6, 6.07) is 9.32. The number of aryl methyl sites for hydroxylation is 1. The van der Waals surface area contributed by atoms with E-state index in [0.717, 1.165) is 29.6 Å². The van der Waals surface area contributed by atoms with E-state index in [2.05, 4.69) is 27.1 Å². The molecule has 1 aromatic carbocycles. The highest BCUT2D eigenvalue weighted by Crippen LogP contribution is 2.30. The quantitative estimate of drug-likeness (QED) is 0.713. The number of carbonyl (C=O) groups excluding carboxylic acids is 1. The van der Waals surface area contributed by atoms with Gasteiger partial charge in [-0.25, -0.2) is 9.97 Å². The van der Waals surface area contributed by atoms with Crippen LogP contribution < -0.4 is 11.1 Å². The Kier molecular flexibility index (Phi) is 4.05. The van der Waals surface area contributed by atoms with Crippen LogP contribution in [0, 0.1) is 17.8 Å². The number of amides is 1. The van der Waals surface area contributed by atoms with Crippen molar-refractivity contribution >= 4 is 22.8 Å². The molecular formula is C20H19N5O. The van der Waals surface area contributed by atoms with Gasteiger partial charge < -0.3 is 15.6 Å². The zero-order valence-electron chi connectivity index (χ0n) is 14.4. The predicted octanol–water partition coefficient (Wildman–Crippen LogP) is 2.20. The summed E-state index contributed by atoms with van der Waals surface area (Å²) >= 11 is 0. The van der Waals surface area contributed by atoms with E-state index in [4.69, 9.17) is 5.73 Å². The fraction of sp³-hybridized carbons (Fsp3) is 0.250. The van der Waals surface area contributed by atoms with Crippen molar-refractivity contribution in [3.05, 3.63) is 54.0 Å². The first-order valence-electron chi connectivity index (χ1n) is 8.64. The average molecular weight is 345 g/mol. The molecule has 1 aliphatic rings. The van der Waals surface area contributed by atoms with Crippen molar-refractivity contribution in [1.29, 1.82) is 0 Å². The molecule has 0 bridgehead atoms. The molecule has 2 unspecified atom stereocenters. The first-order valence-corrected chi connectivity index (χ1v) is 8.64. The topological polar surface area (TPSA) is 85.8 Å². The zero-order chi connectivity index (χ0) is 18.1. The number of anilines is 1. The van der Waals surface area contributed by atoms with Gasteiger partial charge in [0.15, 0.2) is 0 Å². The fourth-order valence-corrected chi connectivity index (χ4v) is 3.01. The van der Waals surface area contributed by atoms with E-state index in [-0.39, 0.29) is 17.9 Å². The van der Waals surface area contributed by atoms with Crippen LogP contribution in [0.1, 0.15) is 29.3 Å². The van der Waals surface area contributed by atoms with Crippen LogP contribution in [-0.4, -0.2) is 26.5 Å². The maximum atomic E-state index is 12.2. The molecule has 6 heteroatoms. The van der Waals surface area contributed by atoms with Crippen LogP contribution in [0.3, 0.4) is 0 Å². The van der Waals surface area contributed by atoms with Crippen molar-refractivity contribution in [2.24, 2.45) is 5.92 Å². The number of aromatic nitrogens is 3. The Morgan fingerprint density at radius 1 is 1.35 bits per heavy atom. The molecule has 2 aromatic heterocycles. The molecule has 1 fully saturated rings. The third-order valence-electron chi connectivity index (χ3n) is 4.56. The summed E-state index contributed by atoms with van der Waals surface area (Å²) in [5, 5.41) is 3.82. The van der Waals surface area contributed by atoms with Crippen molar-refractivity contribution < 1.29 is 4.79 Å². The predicted molar refractivity (Wildman–Crippen MR) is 100 cm³/mol. The summed E-state index contributed by atoms with van der Waals surface area (Å²) in [4.78, 5) is 20.6. The molecule has 0 aliphatic heterocycles. The number of hydrogen-bond acceptors (Lipinski definition) is 4. The Morgan fingerprint density at radius 2 is 2.15 bits per heavy atom. The Hall–Kier alpha value is -3.33. The lowest BCUT2D eigenvalue weighted by molar-refractivity contribution is 0.0950. The summed E-state index contributed by atoms with van der Waals surface area (Å²) in [6.45, 7) is 2.83. The van der Waals surface area contributed by atoms with Gasteiger partial charge in [0.1, 0.15) is 17.8 Å². The molecule has 4 rings (SSSR count). The van der Waals surface area contributed by atoms with Crippen LogP contribution >= 0.6 is 0 Å². The minimum absolute atomic E-state index is 0.0554. The number of nitrogens with zero attached hydrogens (tertiary/aromatic N) is 3. The highest BCUT2D eigenvalue weighted by Gasteiger charge is 2.37. The lowest BCUT2D eigenvalue weighted by Crippen LogP contribution is -2.26. The number of nitrogen functional groups attached to an aromatic ring is 1. The first kappa shape index (κ1) is 16.2. The van der Waals surface area contributed by atoms with Crippen LogP contribution in [0.5, 0.6) is 0 Å². The van der Waals surface area contributed by atoms with Crippen molar-refractivity contribution in [2.75, 3.05) is 5.73 Å². The summed E-state index contributed by atoms with van der Waals surface area (Å²) in [7, 11) is 0. The van der Waals surface area contributed by atoms with E-state index in [0.29, 0.717) is 11.4 Å². The van der Waals surface area contributed by atoms with Crippen LogP contribution in [-0.2, 0) is 6.54 Å². The van der Waals surface area contributed by atoms with Gasteiger partial charge in [-0.2, -0.15) is 0 Å². The van der Waals surface area contributed by atoms with Gasteiger partial charge in [0, 0.05) is 30.3 Å². The maximum Gasteiger partial charge on any atom is 0.251 e. The van der Waals surface area contributed by atoms with E-state index < -0.39 is 0 Å². The minimum atomic E-state index is -0.0554. The van der Waals surface area contributed by atoms with Crippen molar-refractivity contribution in [3.63, 3.8) is 0 Å². The van der Waals surface area contributed by atoms with Crippen molar-refractivity contribution in [2.45, 2.75) is 25.9 Å². The van der Waals surface area contributed by atoms with Gasteiger partial charge in [0.2, 0.25) is 0 Å². The molecule has 1 aliphatic carbocycles. The number of rotatable bonds is 3. The molecular weight excluding hydrogens is 326 g/mol. The average Bonchev–Trinajstić information content (AvgIpc) is 3.30. The van der Waals surface area contributed by atoms with Crippen molar-refractivity contribution in [3.8, 4) is 11.8 Å². The minimum Gasteiger partial charge on any atom is -0.383 e. The molecule has 0 saturated heterocycles. The van der Waals surface area contributed by atoms with Crippen LogP contribution in [0.4, 0.5) is 5.82 Å².